The smallest absolute Gasteiger partial charge is 0.338 e. The van der Waals surface area contributed by atoms with Gasteiger partial charge in [0.1, 0.15) is 11.3 Å². The maximum Gasteiger partial charge on any atom is 0.338 e. The van der Waals surface area contributed by atoms with E-state index in [0.717, 1.165) is 12.8 Å². The van der Waals surface area contributed by atoms with Crippen LogP contribution >= 0.6 is 11.6 Å². The zero-order chi connectivity index (χ0) is 25.4. The average Bonchev–Trinajstić information content (AvgIpc) is 3.17. The summed E-state index contributed by atoms with van der Waals surface area (Å²) in [6, 6.07) is 16.6. The highest BCUT2D eigenvalue weighted by Gasteiger charge is 2.43. The molecule has 1 aromatic heterocycles. The summed E-state index contributed by atoms with van der Waals surface area (Å²) in [7, 11) is 0. The van der Waals surface area contributed by atoms with Gasteiger partial charge in [-0.2, -0.15) is 0 Å². The molecule has 0 spiro atoms. The summed E-state index contributed by atoms with van der Waals surface area (Å²) in [6.45, 7) is 2.34. The monoisotopic (exact) mass is 503 g/mol. The lowest BCUT2D eigenvalue weighted by molar-refractivity contribution is 0.0499. The third kappa shape index (κ3) is 4.12. The Hall–Kier alpha value is -4.10. The van der Waals surface area contributed by atoms with Gasteiger partial charge in [0.2, 0.25) is 5.76 Å². The second-order valence-corrected chi connectivity index (χ2v) is 8.96. The van der Waals surface area contributed by atoms with Crippen molar-refractivity contribution in [3.8, 4) is 5.75 Å². The highest BCUT2D eigenvalue weighted by Crippen LogP contribution is 2.42. The van der Waals surface area contributed by atoms with Crippen LogP contribution in [0.2, 0.25) is 5.02 Å². The van der Waals surface area contributed by atoms with Crippen LogP contribution in [0.5, 0.6) is 5.75 Å². The van der Waals surface area contributed by atoms with E-state index in [2.05, 4.69) is 0 Å². The van der Waals surface area contributed by atoms with E-state index in [9.17, 15) is 19.5 Å². The van der Waals surface area contributed by atoms with Crippen molar-refractivity contribution in [2.75, 3.05) is 11.5 Å². The molecule has 0 saturated heterocycles. The summed E-state index contributed by atoms with van der Waals surface area (Å²) < 4.78 is 11.2. The van der Waals surface area contributed by atoms with Crippen LogP contribution in [0.1, 0.15) is 57.8 Å². The Bertz CT molecular complexity index is 1540. The van der Waals surface area contributed by atoms with E-state index in [1.165, 1.54) is 23.1 Å². The number of nitrogens with zero attached hydrogens (tertiary/aromatic N) is 1. The minimum Gasteiger partial charge on any atom is -0.508 e. The van der Waals surface area contributed by atoms with Crippen molar-refractivity contribution >= 4 is 40.1 Å². The molecule has 182 valence electrons. The molecule has 0 aliphatic carbocycles. The number of hydrogen-bond acceptors (Lipinski definition) is 6. The molecular weight excluding hydrogens is 482 g/mol. The van der Waals surface area contributed by atoms with E-state index in [1.807, 2.05) is 6.92 Å². The van der Waals surface area contributed by atoms with Crippen molar-refractivity contribution in [2.45, 2.75) is 25.8 Å². The molecule has 7 nitrogen and oxygen atoms in total. The zero-order valence-electron chi connectivity index (χ0n) is 19.4. The fourth-order valence-corrected chi connectivity index (χ4v) is 4.54. The number of ether oxygens (including phenoxy) is 1. The van der Waals surface area contributed by atoms with Gasteiger partial charge in [-0.05, 0) is 66.6 Å². The van der Waals surface area contributed by atoms with Crippen molar-refractivity contribution in [2.24, 2.45) is 0 Å². The Morgan fingerprint density at radius 2 is 1.86 bits per heavy atom. The van der Waals surface area contributed by atoms with Gasteiger partial charge in [0, 0.05) is 10.7 Å². The van der Waals surface area contributed by atoms with Crippen LogP contribution in [0.4, 0.5) is 5.69 Å². The molecular formula is C28H22ClNO6. The predicted octanol–water partition coefficient (Wildman–Crippen LogP) is 5.86. The number of fused-ring (bicyclic) bond motifs is 2. The molecule has 4 aromatic rings. The minimum atomic E-state index is -0.860. The van der Waals surface area contributed by atoms with Gasteiger partial charge in [0.05, 0.1) is 29.2 Å². The molecule has 1 atom stereocenters. The third-order valence-corrected chi connectivity index (χ3v) is 6.37. The fraction of sp³-hybridized carbons (Fsp3) is 0.179. The standard InChI is InChI=1S/C28H22ClNO6/c1-2-3-13-35-28(34)16-7-10-19(11-8-16)30-24(17-5-4-6-20(31)14-17)23-25(32)21-15-18(29)9-12-22(21)36-26(23)27(30)33/h4-12,14-15,24,31H,2-3,13H2,1H3. The van der Waals surface area contributed by atoms with Crippen molar-refractivity contribution in [1.29, 1.82) is 0 Å². The second kappa shape index (κ2) is 9.51. The number of unbranched alkanes of at least 4 members (excludes halogenated alkanes) is 1. The van der Waals surface area contributed by atoms with Gasteiger partial charge < -0.3 is 14.3 Å². The summed E-state index contributed by atoms with van der Waals surface area (Å²) in [5.41, 5.74) is 1.35. The number of hydrogen-bond donors (Lipinski definition) is 1. The summed E-state index contributed by atoms with van der Waals surface area (Å²) >= 11 is 6.12. The zero-order valence-corrected chi connectivity index (χ0v) is 20.1. The number of carbonyl (C=O) groups excluding carboxylic acids is 2. The topological polar surface area (TPSA) is 97.0 Å². The van der Waals surface area contributed by atoms with Crippen molar-refractivity contribution < 1.29 is 23.8 Å². The number of rotatable bonds is 6. The quantitative estimate of drug-likeness (QED) is 0.261. The number of amides is 1. The Kier molecular flexibility index (Phi) is 6.24. The molecule has 1 unspecified atom stereocenters. The summed E-state index contributed by atoms with van der Waals surface area (Å²) in [5, 5.41) is 10.8. The van der Waals surface area contributed by atoms with Gasteiger partial charge in [-0.1, -0.05) is 37.1 Å². The Labute approximate surface area is 211 Å². The van der Waals surface area contributed by atoms with E-state index in [-0.39, 0.29) is 33.5 Å². The van der Waals surface area contributed by atoms with Crippen LogP contribution in [0.25, 0.3) is 11.0 Å². The van der Waals surface area contributed by atoms with Gasteiger partial charge >= 0.3 is 5.97 Å². The average molecular weight is 504 g/mol. The van der Waals surface area contributed by atoms with Crippen molar-refractivity contribution in [3.63, 3.8) is 0 Å². The van der Waals surface area contributed by atoms with Gasteiger partial charge in [-0.3, -0.25) is 14.5 Å². The van der Waals surface area contributed by atoms with Gasteiger partial charge in [-0.25, -0.2) is 4.79 Å². The van der Waals surface area contributed by atoms with Gasteiger partial charge in [0.25, 0.3) is 5.91 Å². The van der Waals surface area contributed by atoms with E-state index in [1.54, 1.807) is 48.5 Å². The molecule has 0 radical (unpaired) electrons. The third-order valence-electron chi connectivity index (χ3n) is 6.13. The number of benzene rings is 3. The highest BCUT2D eigenvalue weighted by atomic mass is 35.5. The molecule has 0 fully saturated rings. The number of anilines is 1. The molecule has 8 heteroatoms. The molecule has 0 saturated carbocycles. The first kappa shape index (κ1) is 23.6. The Morgan fingerprint density at radius 3 is 2.58 bits per heavy atom. The molecule has 0 bridgehead atoms. The molecule has 36 heavy (non-hydrogen) atoms. The normalized spacial score (nSPS) is 14.8. The first-order chi connectivity index (χ1) is 17.4. The summed E-state index contributed by atoms with van der Waals surface area (Å²) in [4.78, 5) is 41.0. The maximum atomic E-state index is 13.6. The lowest BCUT2D eigenvalue weighted by Crippen LogP contribution is -2.29. The fourth-order valence-electron chi connectivity index (χ4n) is 4.37. The van der Waals surface area contributed by atoms with Crippen LogP contribution in [0.15, 0.2) is 75.9 Å². The second-order valence-electron chi connectivity index (χ2n) is 8.52. The Balaban J connectivity index is 1.63. The van der Waals surface area contributed by atoms with Crippen LogP contribution in [0, 0.1) is 0 Å². The van der Waals surface area contributed by atoms with Crippen LogP contribution in [-0.4, -0.2) is 23.6 Å². The van der Waals surface area contributed by atoms with Crippen molar-refractivity contribution in [1.82, 2.24) is 0 Å². The van der Waals surface area contributed by atoms with Crippen LogP contribution in [-0.2, 0) is 4.74 Å². The molecule has 1 amide bonds. The number of esters is 1. The lowest BCUT2D eigenvalue weighted by Gasteiger charge is -2.25. The predicted molar refractivity (Wildman–Crippen MR) is 136 cm³/mol. The maximum absolute atomic E-state index is 13.6. The van der Waals surface area contributed by atoms with E-state index >= 15 is 0 Å². The van der Waals surface area contributed by atoms with Crippen molar-refractivity contribution in [3.05, 3.63) is 104 Å². The Morgan fingerprint density at radius 1 is 1.08 bits per heavy atom. The summed E-state index contributed by atoms with van der Waals surface area (Å²) in [6.07, 6.45) is 1.69. The number of phenolic OH excluding ortho intramolecular Hbond substituents is 1. The number of halogens is 1. The van der Waals surface area contributed by atoms with E-state index in [0.29, 0.717) is 28.4 Å². The number of phenols is 1. The summed E-state index contributed by atoms with van der Waals surface area (Å²) in [5.74, 6) is -1.04. The molecule has 1 N–H and O–H groups in total. The minimum absolute atomic E-state index is 0.00765. The SMILES string of the molecule is CCCCOC(=O)c1ccc(N2C(=O)c3oc4ccc(Cl)cc4c(=O)c3C2c2cccc(O)c2)cc1. The molecule has 1 aliphatic rings. The molecule has 2 heterocycles. The largest absolute Gasteiger partial charge is 0.508 e. The van der Waals surface area contributed by atoms with Crippen LogP contribution < -0.4 is 10.3 Å². The molecule has 5 rings (SSSR count). The lowest BCUT2D eigenvalue weighted by atomic mass is 9.98. The van der Waals surface area contributed by atoms with Gasteiger partial charge in [-0.15, -0.1) is 0 Å². The first-order valence-corrected chi connectivity index (χ1v) is 11.9. The molecule has 3 aromatic carbocycles. The number of aromatic hydroxyl groups is 1. The van der Waals surface area contributed by atoms with E-state index < -0.39 is 17.9 Å². The first-order valence-electron chi connectivity index (χ1n) is 11.5. The van der Waals surface area contributed by atoms with Gasteiger partial charge in [0.15, 0.2) is 5.43 Å². The van der Waals surface area contributed by atoms with E-state index in [4.69, 9.17) is 20.8 Å². The van der Waals surface area contributed by atoms with Crippen LogP contribution in [0.3, 0.4) is 0 Å². The number of carbonyl (C=O) groups is 2. The highest BCUT2D eigenvalue weighted by molar-refractivity contribution is 6.31. The molecule has 1 aliphatic heterocycles.